The molecule has 0 atom stereocenters. The third-order valence-corrected chi connectivity index (χ3v) is 5.31. The molecule has 1 fully saturated rings. The first kappa shape index (κ1) is 17.6. The lowest BCUT2D eigenvalue weighted by Crippen LogP contribution is -2.41. The SMILES string of the molecule is O=C1c2c(O)c(=O)cc(OCC3CCC3)n2CCN1Cc1ccc(F)cc1. The molecule has 4 rings (SSSR count). The average molecular weight is 372 g/mol. The molecule has 0 bridgehead atoms. The number of halogens is 1. The number of benzene rings is 1. The Morgan fingerprint density at radius 2 is 1.89 bits per heavy atom. The number of aromatic hydroxyl groups is 1. The van der Waals surface area contributed by atoms with Crippen molar-refractivity contribution in [1.29, 1.82) is 0 Å². The van der Waals surface area contributed by atoms with Gasteiger partial charge in [0.05, 0.1) is 6.61 Å². The van der Waals surface area contributed by atoms with Gasteiger partial charge in [-0.2, -0.15) is 0 Å². The first-order valence-corrected chi connectivity index (χ1v) is 9.16. The van der Waals surface area contributed by atoms with Gasteiger partial charge >= 0.3 is 0 Å². The van der Waals surface area contributed by atoms with Crippen LogP contribution in [0.3, 0.4) is 0 Å². The van der Waals surface area contributed by atoms with Crippen molar-refractivity contribution in [3.63, 3.8) is 0 Å². The van der Waals surface area contributed by atoms with Crippen LogP contribution in [0.5, 0.6) is 11.6 Å². The zero-order valence-corrected chi connectivity index (χ0v) is 14.9. The topological polar surface area (TPSA) is 71.8 Å². The van der Waals surface area contributed by atoms with Gasteiger partial charge in [0.15, 0.2) is 17.3 Å². The molecule has 1 aliphatic carbocycles. The normalized spacial score (nSPS) is 16.8. The number of pyridine rings is 1. The molecule has 1 amide bonds. The van der Waals surface area contributed by atoms with E-state index >= 15 is 0 Å². The van der Waals surface area contributed by atoms with Crippen LogP contribution < -0.4 is 10.2 Å². The minimum atomic E-state index is -0.623. The Morgan fingerprint density at radius 3 is 2.56 bits per heavy atom. The van der Waals surface area contributed by atoms with Gasteiger partial charge in [-0.3, -0.25) is 9.59 Å². The van der Waals surface area contributed by atoms with E-state index in [1.54, 1.807) is 16.7 Å². The fourth-order valence-electron chi connectivity index (χ4n) is 3.47. The lowest BCUT2D eigenvalue weighted by molar-refractivity contribution is 0.0670. The summed E-state index contributed by atoms with van der Waals surface area (Å²) in [4.78, 5) is 26.6. The highest BCUT2D eigenvalue weighted by molar-refractivity contribution is 5.96. The Kier molecular flexibility index (Phi) is 4.59. The van der Waals surface area contributed by atoms with Crippen LogP contribution in [0.25, 0.3) is 0 Å². The van der Waals surface area contributed by atoms with Crippen molar-refractivity contribution in [2.75, 3.05) is 13.2 Å². The van der Waals surface area contributed by atoms with E-state index in [9.17, 15) is 19.1 Å². The van der Waals surface area contributed by atoms with Crippen molar-refractivity contribution in [1.82, 2.24) is 9.47 Å². The van der Waals surface area contributed by atoms with E-state index in [-0.39, 0.29) is 18.1 Å². The van der Waals surface area contributed by atoms with Gasteiger partial charge in [-0.05, 0) is 36.5 Å². The van der Waals surface area contributed by atoms with Gasteiger partial charge in [0.1, 0.15) is 5.82 Å². The molecule has 0 unspecified atom stereocenters. The van der Waals surface area contributed by atoms with E-state index in [0.29, 0.717) is 31.5 Å². The highest BCUT2D eigenvalue weighted by atomic mass is 19.1. The zero-order valence-electron chi connectivity index (χ0n) is 14.9. The smallest absolute Gasteiger partial charge is 0.274 e. The Bertz CT molecular complexity index is 919. The summed E-state index contributed by atoms with van der Waals surface area (Å²) in [6.45, 7) is 1.61. The molecular formula is C20H21FN2O4. The summed E-state index contributed by atoms with van der Waals surface area (Å²) >= 11 is 0. The molecule has 2 aliphatic rings. The molecule has 1 aliphatic heterocycles. The molecule has 0 saturated heterocycles. The first-order valence-electron chi connectivity index (χ1n) is 9.16. The zero-order chi connectivity index (χ0) is 19.0. The van der Waals surface area contributed by atoms with Crippen LogP contribution in [0.1, 0.15) is 35.3 Å². The fourth-order valence-corrected chi connectivity index (χ4v) is 3.47. The quantitative estimate of drug-likeness (QED) is 0.876. The number of fused-ring (bicyclic) bond motifs is 1. The molecule has 2 heterocycles. The number of aromatic nitrogens is 1. The number of nitrogens with zero attached hydrogens (tertiary/aromatic N) is 2. The summed E-state index contributed by atoms with van der Waals surface area (Å²) in [5, 5.41) is 10.2. The molecule has 27 heavy (non-hydrogen) atoms. The molecule has 6 nitrogen and oxygen atoms in total. The highest BCUT2D eigenvalue weighted by Crippen LogP contribution is 2.29. The van der Waals surface area contributed by atoms with Crippen molar-refractivity contribution in [3.8, 4) is 11.6 Å². The summed E-state index contributed by atoms with van der Waals surface area (Å²) in [6, 6.07) is 7.16. The van der Waals surface area contributed by atoms with Crippen molar-refractivity contribution >= 4 is 5.91 Å². The predicted octanol–water partition coefficient (Wildman–Crippen LogP) is 2.53. The third kappa shape index (κ3) is 3.41. The predicted molar refractivity (Wildman–Crippen MR) is 96.3 cm³/mol. The van der Waals surface area contributed by atoms with Gasteiger partial charge in [0.2, 0.25) is 5.43 Å². The van der Waals surface area contributed by atoms with Crippen molar-refractivity contribution in [3.05, 3.63) is 57.6 Å². The van der Waals surface area contributed by atoms with Gasteiger partial charge in [-0.15, -0.1) is 0 Å². The van der Waals surface area contributed by atoms with Gasteiger partial charge < -0.3 is 19.3 Å². The summed E-state index contributed by atoms with van der Waals surface area (Å²) < 4.78 is 20.5. The maximum absolute atomic E-state index is 13.1. The van der Waals surface area contributed by atoms with Crippen LogP contribution in [-0.2, 0) is 13.1 Å². The van der Waals surface area contributed by atoms with Crippen LogP contribution in [0.2, 0.25) is 0 Å². The summed E-state index contributed by atoms with van der Waals surface area (Å²) in [5.41, 5.74) is 0.110. The van der Waals surface area contributed by atoms with Crippen LogP contribution in [0.15, 0.2) is 35.1 Å². The number of ether oxygens (including phenoxy) is 1. The Morgan fingerprint density at radius 1 is 1.15 bits per heavy atom. The Labute approximate surface area is 155 Å². The second kappa shape index (κ2) is 7.06. The number of hydrogen-bond acceptors (Lipinski definition) is 4. The minimum absolute atomic E-state index is 0.0422. The summed E-state index contributed by atoms with van der Waals surface area (Å²) in [6.07, 6.45) is 3.41. The number of hydrogen-bond donors (Lipinski definition) is 1. The van der Waals surface area contributed by atoms with E-state index in [0.717, 1.165) is 18.4 Å². The molecule has 2 aromatic rings. The minimum Gasteiger partial charge on any atom is -0.503 e. The van der Waals surface area contributed by atoms with Crippen LogP contribution >= 0.6 is 0 Å². The fraction of sp³-hybridized carbons (Fsp3) is 0.400. The number of amides is 1. The molecule has 0 spiro atoms. The second-order valence-corrected chi connectivity index (χ2v) is 7.16. The largest absolute Gasteiger partial charge is 0.503 e. The van der Waals surface area contributed by atoms with Gasteiger partial charge in [0, 0.05) is 25.7 Å². The Balaban J connectivity index is 1.59. The number of carbonyl (C=O) groups is 1. The molecule has 142 valence electrons. The lowest BCUT2D eigenvalue weighted by atomic mass is 9.86. The molecule has 1 N–H and O–H groups in total. The van der Waals surface area contributed by atoms with E-state index in [2.05, 4.69) is 0 Å². The van der Waals surface area contributed by atoms with E-state index in [1.807, 2.05) is 0 Å². The third-order valence-electron chi connectivity index (χ3n) is 5.31. The highest BCUT2D eigenvalue weighted by Gasteiger charge is 2.31. The average Bonchev–Trinajstić information content (AvgIpc) is 2.61. The van der Waals surface area contributed by atoms with Gasteiger partial charge in [-0.25, -0.2) is 4.39 Å². The van der Waals surface area contributed by atoms with Crippen LogP contribution in [-0.4, -0.2) is 33.6 Å². The molecule has 1 saturated carbocycles. The first-order chi connectivity index (χ1) is 13.0. The van der Waals surface area contributed by atoms with Gasteiger partial charge in [-0.1, -0.05) is 18.6 Å². The van der Waals surface area contributed by atoms with E-state index in [1.165, 1.54) is 29.5 Å². The standard InChI is InChI=1S/C20H21FN2O4/c21-15-6-4-13(5-7-15)11-22-8-9-23-17(27-12-14-2-1-3-14)10-16(24)19(25)18(23)20(22)26/h4-7,10,14,25H,1-3,8-9,11-12H2. The monoisotopic (exact) mass is 372 g/mol. The van der Waals surface area contributed by atoms with Gasteiger partial charge in [0.25, 0.3) is 5.91 Å². The number of rotatable bonds is 5. The van der Waals surface area contributed by atoms with E-state index in [4.69, 9.17) is 4.74 Å². The van der Waals surface area contributed by atoms with Crippen molar-refractivity contribution in [2.45, 2.75) is 32.4 Å². The number of carbonyl (C=O) groups excluding carboxylic acids is 1. The second-order valence-electron chi connectivity index (χ2n) is 7.16. The van der Waals surface area contributed by atoms with Crippen LogP contribution in [0, 0.1) is 11.7 Å². The lowest BCUT2D eigenvalue weighted by Gasteiger charge is -2.32. The Hall–Kier alpha value is -2.83. The van der Waals surface area contributed by atoms with Crippen molar-refractivity contribution in [2.24, 2.45) is 5.92 Å². The van der Waals surface area contributed by atoms with E-state index < -0.39 is 17.1 Å². The maximum atomic E-state index is 13.1. The van der Waals surface area contributed by atoms with Crippen molar-refractivity contribution < 1.29 is 19.0 Å². The van der Waals surface area contributed by atoms with Crippen LogP contribution in [0.4, 0.5) is 4.39 Å². The molecular weight excluding hydrogens is 351 g/mol. The molecule has 1 aromatic carbocycles. The molecule has 7 heteroatoms. The maximum Gasteiger partial charge on any atom is 0.274 e. The molecule has 1 aromatic heterocycles. The summed E-state index contributed by atoms with van der Waals surface area (Å²) in [7, 11) is 0. The molecule has 0 radical (unpaired) electrons. The summed E-state index contributed by atoms with van der Waals surface area (Å²) in [5.74, 6) is -0.519.